The van der Waals surface area contributed by atoms with Crippen molar-refractivity contribution in [1.82, 2.24) is 60.5 Å². The molecule has 550 valence electrons. The molecule has 2 saturated heterocycles. The lowest BCUT2D eigenvalue weighted by molar-refractivity contribution is -0.157. The molecule has 2 aliphatic rings. The van der Waals surface area contributed by atoms with Crippen LogP contribution >= 0.6 is 11.8 Å². The first-order valence-electron chi connectivity index (χ1n) is 34.6. The maximum atomic E-state index is 15.4. The van der Waals surface area contributed by atoms with Crippen molar-refractivity contribution >= 4 is 76.7 Å². The predicted octanol–water partition coefficient (Wildman–Crippen LogP) is 3.17. The Morgan fingerprint density at radius 3 is 1.49 bits per heavy atom. The number of rotatable bonds is 20. The molecule has 6 N–H and O–H groups in total. The van der Waals surface area contributed by atoms with Crippen molar-refractivity contribution < 1.29 is 67.7 Å². The average molecular weight is 1380 g/mol. The van der Waals surface area contributed by atoms with Crippen LogP contribution in [0.3, 0.4) is 0 Å². The molecule has 0 aromatic carbocycles. The molecule has 0 saturated carbocycles. The van der Waals surface area contributed by atoms with Gasteiger partial charge in [-0.2, -0.15) is 0 Å². The Balaban J connectivity index is 3.12. The van der Waals surface area contributed by atoms with Crippen LogP contribution < -0.4 is 21.3 Å². The molecule has 2 heterocycles. The van der Waals surface area contributed by atoms with Crippen LogP contribution in [-0.4, -0.2) is 280 Å². The third-order valence-electron chi connectivity index (χ3n) is 18.1. The predicted molar refractivity (Wildman–Crippen MR) is 373 cm³/mol. The molecule has 2 aliphatic heterocycles. The number of ether oxygens (including phenoxy) is 1. The largest absolute Gasteiger partial charge is 0.390 e. The van der Waals surface area contributed by atoms with Crippen molar-refractivity contribution in [3.8, 4) is 0 Å². The summed E-state index contributed by atoms with van der Waals surface area (Å²) in [6.07, 6.45) is 3.09. The van der Waals surface area contributed by atoms with E-state index in [4.69, 9.17) is 4.74 Å². The van der Waals surface area contributed by atoms with Crippen LogP contribution in [0.5, 0.6) is 0 Å². The number of carbonyl (C=O) groups is 11. The van der Waals surface area contributed by atoms with Gasteiger partial charge in [-0.25, -0.2) is 0 Å². The number of amides is 11. The van der Waals surface area contributed by atoms with Crippen molar-refractivity contribution in [3.63, 3.8) is 0 Å². The first kappa shape index (κ1) is 86.2. The number of allylic oxidation sites excluding steroid dienone is 1. The summed E-state index contributed by atoms with van der Waals surface area (Å²) in [5.74, 6) is -10.1. The lowest BCUT2D eigenvalue weighted by Crippen LogP contribution is -2.64. The standard InChI is InChI=1S/C69H124N12O14S/c1-25-27-29-45(13)56(82)55-60(86)72-48(26-2)62(88)80(24)68(96-35-28-30-81-31-33-95-34-32-81)67(93)77(21)52(39-69(16,17)94)59(85)73-53(43(9)10)65(91)74(18)49(36-40(3)4)58(84)70-46(14)57(83)71-47(15)61(87)75(19)50(37-41(5)6)63(89)76(20)51(38-42(7)8)64(90)78(22)54(44(11)12)66(92)79(55)23/h27,29,40-56,68,82,94H,25-26,28,30-39H2,1-24H3,(H,70,84)(H,71,83)(H,72,86)(H,73,85)/b29-27+/t45-,46+,47-,48+,49+,50+,51+,52+,53+,54+,55+,56-,68-/m1/s1. The van der Waals surface area contributed by atoms with Crippen LogP contribution in [0.2, 0.25) is 0 Å². The molecular weight excluding hydrogens is 1250 g/mol. The molecule has 2 rings (SSSR count). The molecule has 26 nitrogen and oxygen atoms in total. The van der Waals surface area contributed by atoms with E-state index in [0.717, 1.165) is 21.6 Å². The van der Waals surface area contributed by atoms with E-state index in [9.17, 15) is 29.4 Å². The second-order valence-electron chi connectivity index (χ2n) is 29.1. The molecule has 0 aromatic heterocycles. The fraction of sp³-hybridized carbons (Fsp3) is 0.812. The van der Waals surface area contributed by atoms with Gasteiger partial charge in [0.1, 0.15) is 60.4 Å². The smallest absolute Gasteiger partial charge is 0.256 e. The van der Waals surface area contributed by atoms with Crippen LogP contribution in [-0.2, 0) is 57.5 Å². The first-order valence-corrected chi connectivity index (χ1v) is 35.6. The SMILES string of the molecule is CC/C=C/[C@@H](C)[C@@H](O)[C@H]1C(=O)N[C@@H](CC)C(=O)N(C)[C@H](SCCCN2CCOCC2)C(=O)N(C)[C@@H](CC(C)(C)O)C(=O)N[C@@H](C(C)C)C(=O)N(C)[C@@H](CC(C)C)C(=O)N[C@@H](C)C(=O)N[C@H](C)C(=O)N(C)[C@@H](CC(C)C)C(=O)N(C)[C@@H](CC(C)C)C(=O)N(C)[C@@H](C(C)C)C(=O)N1C. The highest BCUT2D eigenvalue weighted by Gasteiger charge is 2.47. The minimum atomic E-state index is -1.68. The van der Waals surface area contributed by atoms with Gasteiger partial charge in [0.15, 0.2) is 5.37 Å². The third-order valence-corrected chi connectivity index (χ3v) is 19.4. The number of aliphatic hydroxyl groups excluding tert-OH is 1. The molecule has 0 spiro atoms. The van der Waals surface area contributed by atoms with E-state index in [1.807, 2.05) is 48.5 Å². The van der Waals surface area contributed by atoms with E-state index < -0.39 is 160 Å². The first-order chi connectivity index (χ1) is 44.5. The van der Waals surface area contributed by atoms with Gasteiger partial charge in [-0.1, -0.05) is 102 Å². The Morgan fingerprint density at radius 2 is 1.00 bits per heavy atom. The number of morpholine rings is 1. The van der Waals surface area contributed by atoms with E-state index in [-0.39, 0.29) is 49.9 Å². The zero-order valence-electron chi connectivity index (χ0n) is 62.5. The van der Waals surface area contributed by atoms with Crippen LogP contribution in [0.4, 0.5) is 0 Å². The van der Waals surface area contributed by atoms with Crippen molar-refractivity contribution in [1.29, 1.82) is 0 Å². The second kappa shape index (κ2) is 39.6. The lowest BCUT2D eigenvalue weighted by Gasteiger charge is -2.41. The number of thioether (sulfide) groups is 1. The molecule has 2 fully saturated rings. The lowest BCUT2D eigenvalue weighted by atomic mass is 9.92. The Kier molecular flexibility index (Phi) is 35.6. The Hall–Kier alpha value is -5.90. The van der Waals surface area contributed by atoms with Gasteiger partial charge < -0.3 is 70.5 Å². The molecule has 13 atom stereocenters. The fourth-order valence-corrected chi connectivity index (χ4v) is 13.3. The number of likely N-dealkylation sites (N-methyl/N-ethyl adjacent to an activating group) is 7. The average Bonchev–Trinajstić information content (AvgIpc) is 0.812. The summed E-state index contributed by atoms with van der Waals surface area (Å²) in [6, 6.07) is -13.2. The van der Waals surface area contributed by atoms with Gasteiger partial charge in [-0.15, -0.1) is 11.8 Å². The molecule has 96 heavy (non-hydrogen) atoms. The quantitative estimate of drug-likeness (QED) is 0.0753. The summed E-state index contributed by atoms with van der Waals surface area (Å²) in [6.45, 7) is 32.2. The van der Waals surface area contributed by atoms with Gasteiger partial charge in [0.2, 0.25) is 59.1 Å². The topological polar surface area (TPSA) is 312 Å². The summed E-state index contributed by atoms with van der Waals surface area (Å²) in [4.78, 5) is 175. The van der Waals surface area contributed by atoms with E-state index in [0.29, 0.717) is 51.4 Å². The van der Waals surface area contributed by atoms with Gasteiger partial charge >= 0.3 is 0 Å². The van der Waals surface area contributed by atoms with Crippen molar-refractivity contribution in [3.05, 3.63) is 12.2 Å². The number of nitrogens with zero attached hydrogens (tertiary/aromatic N) is 8. The van der Waals surface area contributed by atoms with Crippen LogP contribution in [0.15, 0.2) is 12.2 Å². The van der Waals surface area contributed by atoms with E-state index in [2.05, 4.69) is 26.2 Å². The van der Waals surface area contributed by atoms with Crippen molar-refractivity contribution in [2.24, 2.45) is 35.5 Å². The highest BCUT2D eigenvalue weighted by molar-refractivity contribution is 8.00. The summed E-state index contributed by atoms with van der Waals surface area (Å²) in [7, 11) is 9.86. The highest BCUT2D eigenvalue weighted by Crippen LogP contribution is 2.28. The number of hydrogen-bond donors (Lipinski definition) is 6. The van der Waals surface area contributed by atoms with E-state index >= 15 is 33.6 Å². The molecule has 27 heteroatoms. The number of hydrogen-bond acceptors (Lipinski definition) is 16. The highest BCUT2D eigenvalue weighted by atomic mass is 32.2. The maximum absolute atomic E-state index is 15.4. The Bertz CT molecular complexity index is 2630. The third kappa shape index (κ3) is 24.8. The molecular formula is C69H124N12O14S. The maximum Gasteiger partial charge on any atom is 0.256 e. The minimum absolute atomic E-state index is 0.0357. The van der Waals surface area contributed by atoms with Crippen molar-refractivity contribution in [2.75, 3.05) is 87.9 Å². The summed E-state index contributed by atoms with van der Waals surface area (Å²) in [5, 5.41) is 33.4. The zero-order chi connectivity index (χ0) is 73.7. The fourth-order valence-electron chi connectivity index (χ4n) is 12.1. The minimum Gasteiger partial charge on any atom is -0.390 e. The van der Waals surface area contributed by atoms with Crippen LogP contribution in [0.1, 0.15) is 163 Å². The Morgan fingerprint density at radius 1 is 0.531 bits per heavy atom. The van der Waals surface area contributed by atoms with Gasteiger partial charge in [0, 0.05) is 74.8 Å². The number of aliphatic hydroxyl groups is 2. The number of nitrogens with one attached hydrogen (secondary N) is 4. The van der Waals surface area contributed by atoms with Crippen molar-refractivity contribution in [2.45, 2.75) is 240 Å². The Labute approximate surface area is 578 Å². The summed E-state index contributed by atoms with van der Waals surface area (Å²) in [5.41, 5.74) is -1.59. The molecule has 0 aliphatic carbocycles. The van der Waals surface area contributed by atoms with E-state index in [1.54, 1.807) is 53.7 Å². The normalized spacial score (nSPS) is 27.3. The monoisotopic (exact) mass is 1380 g/mol. The molecule has 0 aromatic rings. The van der Waals surface area contributed by atoms with Gasteiger partial charge in [0.25, 0.3) is 5.91 Å². The molecule has 11 amide bonds. The molecule has 0 bridgehead atoms. The molecule has 0 radical (unpaired) electrons. The second-order valence-corrected chi connectivity index (χ2v) is 30.3. The summed E-state index contributed by atoms with van der Waals surface area (Å²) >= 11 is 1.13. The molecule has 0 unspecified atom stereocenters. The van der Waals surface area contributed by atoms with E-state index in [1.165, 1.54) is 102 Å². The summed E-state index contributed by atoms with van der Waals surface area (Å²) < 4.78 is 5.55. The van der Waals surface area contributed by atoms with Gasteiger partial charge in [-0.05, 0) is 108 Å². The van der Waals surface area contributed by atoms with Gasteiger partial charge in [0.05, 0.1) is 24.9 Å². The van der Waals surface area contributed by atoms with Crippen LogP contribution in [0.25, 0.3) is 0 Å². The zero-order valence-corrected chi connectivity index (χ0v) is 63.3. The van der Waals surface area contributed by atoms with Crippen LogP contribution in [0, 0.1) is 35.5 Å². The van der Waals surface area contributed by atoms with Gasteiger partial charge in [-0.3, -0.25) is 57.6 Å². The number of carbonyl (C=O) groups excluding carboxylic acids is 11.